The van der Waals surface area contributed by atoms with Crippen LogP contribution < -0.4 is 11.1 Å². The largest absolute Gasteiger partial charge is 0.383 e. The molecule has 0 bridgehead atoms. The molecule has 2 aromatic rings. The Labute approximate surface area is 94.1 Å². The molecule has 0 radical (unpaired) electrons. The van der Waals surface area contributed by atoms with E-state index in [1.807, 2.05) is 35.0 Å². The van der Waals surface area contributed by atoms with Gasteiger partial charge in [-0.3, -0.25) is 0 Å². The fourth-order valence-electron chi connectivity index (χ4n) is 2.11. The number of para-hydroxylation sites is 1. The summed E-state index contributed by atoms with van der Waals surface area (Å²) in [5.74, 6) is 0.780. The van der Waals surface area contributed by atoms with E-state index in [0.29, 0.717) is 0 Å². The molecule has 0 spiro atoms. The predicted molar refractivity (Wildman–Crippen MR) is 63.4 cm³/mol. The average molecular weight is 214 g/mol. The van der Waals surface area contributed by atoms with E-state index in [-0.39, 0.29) is 0 Å². The molecule has 3 rings (SSSR count). The first-order valence-corrected chi connectivity index (χ1v) is 5.48. The summed E-state index contributed by atoms with van der Waals surface area (Å²) in [4.78, 5) is 0. The summed E-state index contributed by atoms with van der Waals surface area (Å²) in [5.41, 5.74) is 9.42. The number of nitrogens with one attached hydrogen (secondary N) is 1. The van der Waals surface area contributed by atoms with Crippen LogP contribution in [0.1, 0.15) is 11.3 Å². The van der Waals surface area contributed by atoms with Gasteiger partial charge < -0.3 is 11.1 Å². The van der Waals surface area contributed by atoms with Crippen molar-refractivity contribution in [2.45, 2.75) is 13.0 Å². The highest BCUT2D eigenvalue weighted by Crippen LogP contribution is 2.23. The zero-order valence-corrected chi connectivity index (χ0v) is 8.98. The number of hydrogen-bond acceptors (Lipinski definition) is 3. The molecule has 0 saturated carbocycles. The van der Waals surface area contributed by atoms with E-state index < -0.39 is 0 Å². The van der Waals surface area contributed by atoms with Gasteiger partial charge in [0.1, 0.15) is 5.82 Å². The van der Waals surface area contributed by atoms with Gasteiger partial charge in [0.2, 0.25) is 0 Å². The molecule has 1 aromatic carbocycles. The number of anilines is 1. The van der Waals surface area contributed by atoms with Crippen LogP contribution in [-0.2, 0) is 13.0 Å². The number of nitrogen functional groups attached to an aromatic ring is 1. The first kappa shape index (κ1) is 9.42. The number of aromatic nitrogens is 2. The van der Waals surface area contributed by atoms with Gasteiger partial charge in [-0.2, -0.15) is 5.10 Å². The van der Waals surface area contributed by atoms with Gasteiger partial charge in [-0.25, -0.2) is 4.68 Å². The molecular weight excluding hydrogens is 200 g/mol. The molecule has 0 atom stereocenters. The molecule has 0 saturated heterocycles. The lowest BCUT2D eigenvalue weighted by Crippen LogP contribution is -2.23. The Morgan fingerprint density at radius 2 is 2.06 bits per heavy atom. The van der Waals surface area contributed by atoms with Crippen LogP contribution in [0.25, 0.3) is 5.69 Å². The van der Waals surface area contributed by atoms with Crippen molar-refractivity contribution in [1.29, 1.82) is 0 Å². The third kappa shape index (κ3) is 1.39. The summed E-state index contributed by atoms with van der Waals surface area (Å²) in [7, 11) is 0. The average Bonchev–Trinajstić information content (AvgIpc) is 2.69. The monoisotopic (exact) mass is 214 g/mol. The van der Waals surface area contributed by atoms with Crippen LogP contribution in [0.3, 0.4) is 0 Å². The second-order valence-electron chi connectivity index (χ2n) is 3.98. The number of hydrogen-bond donors (Lipinski definition) is 2. The quantitative estimate of drug-likeness (QED) is 0.747. The normalized spacial score (nSPS) is 14.8. The standard InChI is InChI=1S/C12H14N4/c13-12-10-6-7-14-8-11(10)15-16(12)9-4-2-1-3-5-9/h1-5,14H,6-8,13H2. The Kier molecular flexibility index (Phi) is 2.15. The maximum atomic E-state index is 6.13. The van der Waals surface area contributed by atoms with Gasteiger partial charge in [0.05, 0.1) is 11.4 Å². The van der Waals surface area contributed by atoms with E-state index in [9.17, 15) is 0 Å². The van der Waals surface area contributed by atoms with E-state index in [2.05, 4.69) is 10.4 Å². The zero-order valence-electron chi connectivity index (χ0n) is 8.98. The van der Waals surface area contributed by atoms with Crippen molar-refractivity contribution in [3.63, 3.8) is 0 Å². The molecular formula is C12H14N4. The Morgan fingerprint density at radius 1 is 1.25 bits per heavy atom. The van der Waals surface area contributed by atoms with E-state index in [4.69, 9.17) is 5.73 Å². The second kappa shape index (κ2) is 3.64. The molecule has 1 aromatic heterocycles. The van der Waals surface area contributed by atoms with E-state index in [1.54, 1.807) is 0 Å². The molecule has 4 nitrogen and oxygen atoms in total. The molecule has 0 aliphatic carbocycles. The smallest absolute Gasteiger partial charge is 0.130 e. The Bertz CT molecular complexity index is 501. The zero-order chi connectivity index (χ0) is 11.0. The van der Waals surface area contributed by atoms with Gasteiger partial charge in [0.15, 0.2) is 0 Å². The van der Waals surface area contributed by atoms with Crippen LogP contribution in [0, 0.1) is 0 Å². The Hall–Kier alpha value is -1.81. The van der Waals surface area contributed by atoms with Crippen LogP contribution in [0.2, 0.25) is 0 Å². The lowest BCUT2D eigenvalue weighted by molar-refractivity contribution is 0.629. The van der Waals surface area contributed by atoms with E-state index in [1.165, 1.54) is 5.56 Å². The van der Waals surface area contributed by atoms with Crippen molar-refractivity contribution in [2.75, 3.05) is 12.3 Å². The number of rotatable bonds is 1. The lowest BCUT2D eigenvalue weighted by atomic mass is 10.1. The van der Waals surface area contributed by atoms with Crippen LogP contribution in [0.15, 0.2) is 30.3 Å². The van der Waals surface area contributed by atoms with Crippen molar-refractivity contribution < 1.29 is 0 Å². The summed E-state index contributed by atoms with van der Waals surface area (Å²) >= 11 is 0. The Morgan fingerprint density at radius 3 is 2.81 bits per heavy atom. The van der Waals surface area contributed by atoms with Gasteiger partial charge in [-0.05, 0) is 25.1 Å². The van der Waals surface area contributed by atoms with Gasteiger partial charge >= 0.3 is 0 Å². The summed E-state index contributed by atoms with van der Waals surface area (Å²) in [5, 5.41) is 7.85. The predicted octanol–water partition coefficient (Wildman–Crippen LogP) is 1.10. The molecule has 1 aliphatic heterocycles. The topological polar surface area (TPSA) is 55.9 Å². The lowest BCUT2D eigenvalue weighted by Gasteiger charge is -2.10. The third-order valence-electron chi connectivity index (χ3n) is 2.95. The van der Waals surface area contributed by atoms with Gasteiger partial charge in [-0.15, -0.1) is 0 Å². The summed E-state index contributed by atoms with van der Waals surface area (Å²) < 4.78 is 1.83. The van der Waals surface area contributed by atoms with E-state index >= 15 is 0 Å². The molecule has 0 unspecified atom stereocenters. The molecule has 4 heteroatoms. The molecule has 2 heterocycles. The maximum absolute atomic E-state index is 6.13. The summed E-state index contributed by atoms with van der Waals surface area (Å²) in [6, 6.07) is 10.0. The van der Waals surface area contributed by atoms with Crippen LogP contribution in [-0.4, -0.2) is 16.3 Å². The highest BCUT2D eigenvalue weighted by Gasteiger charge is 2.18. The number of nitrogens with two attached hydrogens (primary N) is 1. The molecule has 3 N–H and O–H groups in total. The van der Waals surface area contributed by atoms with Gasteiger partial charge in [0.25, 0.3) is 0 Å². The Balaban J connectivity index is 2.12. The van der Waals surface area contributed by atoms with Crippen LogP contribution in [0.4, 0.5) is 5.82 Å². The highest BCUT2D eigenvalue weighted by atomic mass is 15.3. The summed E-state index contributed by atoms with van der Waals surface area (Å²) in [6.07, 6.45) is 0.966. The minimum Gasteiger partial charge on any atom is -0.383 e. The fraction of sp³-hybridized carbons (Fsp3) is 0.250. The highest BCUT2D eigenvalue weighted by molar-refractivity contribution is 5.50. The first-order chi connectivity index (χ1) is 7.86. The fourth-order valence-corrected chi connectivity index (χ4v) is 2.11. The van der Waals surface area contributed by atoms with Crippen LogP contribution in [0.5, 0.6) is 0 Å². The van der Waals surface area contributed by atoms with E-state index in [0.717, 1.165) is 36.7 Å². The number of benzene rings is 1. The van der Waals surface area contributed by atoms with Crippen molar-refractivity contribution >= 4 is 5.82 Å². The van der Waals surface area contributed by atoms with Crippen molar-refractivity contribution in [3.8, 4) is 5.69 Å². The molecule has 82 valence electrons. The van der Waals surface area contributed by atoms with Crippen LogP contribution >= 0.6 is 0 Å². The van der Waals surface area contributed by atoms with Gasteiger partial charge in [0, 0.05) is 12.1 Å². The number of nitrogens with zero attached hydrogens (tertiary/aromatic N) is 2. The van der Waals surface area contributed by atoms with Crippen molar-refractivity contribution in [3.05, 3.63) is 41.6 Å². The molecule has 16 heavy (non-hydrogen) atoms. The first-order valence-electron chi connectivity index (χ1n) is 5.48. The number of fused-ring (bicyclic) bond motifs is 1. The molecule has 1 aliphatic rings. The molecule has 0 amide bonds. The van der Waals surface area contributed by atoms with Crippen molar-refractivity contribution in [1.82, 2.24) is 15.1 Å². The van der Waals surface area contributed by atoms with Crippen molar-refractivity contribution in [2.24, 2.45) is 0 Å². The van der Waals surface area contributed by atoms with Gasteiger partial charge in [-0.1, -0.05) is 18.2 Å². The minimum absolute atomic E-state index is 0.780. The minimum atomic E-state index is 0.780. The SMILES string of the molecule is Nc1c2c(nn1-c1ccccc1)CNCC2. The second-order valence-corrected chi connectivity index (χ2v) is 3.98. The molecule has 0 fully saturated rings. The third-order valence-corrected chi connectivity index (χ3v) is 2.95. The summed E-state index contributed by atoms with van der Waals surface area (Å²) in [6.45, 7) is 1.80. The maximum Gasteiger partial charge on any atom is 0.130 e.